The number of carbonyl (C=O) groups excluding carboxylic acids is 5. The lowest BCUT2D eigenvalue weighted by atomic mass is 10.1. The second-order valence-corrected chi connectivity index (χ2v) is 13.5. The predicted molar refractivity (Wildman–Crippen MR) is 170 cm³/mol. The standard InChI is InChI=1S/C25H23N3O7S6/c29-18-13-39-23(36)26(18)8-10-34-20(31)7-6-16(22(33)35-11-9-27-19(30)14-40-24(27)37)28-21(32)17(41-25(28)38)12-15-4-2-1-3-5-15/h1-5,12,16H,6-11,13-14H2/b17-12-. The Morgan fingerprint density at radius 3 is 2.02 bits per heavy atom. The number of nitrogens with zero attached hydrogens (tertiary/aromatic N) is 3. The molecule has 41 heavy (non-hydrogen) atoms. The normalized spacial score (nSPS) is 19.1. The minimum Gasteiger partial charge on any atom is -0.464 e. The first kappa shape index (κ1) is 31.6. The number of carbonyl (C=O) groups is 5. The zero-order valence-corrected chi connectivity index (χ0v) is 26.2. The van der Waals surface area contributed by atoms with Gasteiger partial charge in [0, 0.05) is 6.42 Å². The summed E-state index contributed by atoms with van der Waals surface area (Å²) in [4.78, 5) is 67.2. The number of esters is 2. The van der Waals surface area contributed by atoms with Gasteiger partial charge in [0.2, 0.25) is 11.8 Å². The van der Waals surface area contributed by atoms with Gasteiger partial charge in [0.1, 0.15) is 32.2 Å². The van der Waals surface area contributed by atoms with Crippen LogP contribution < -0.4 is 0 Å². The fourth-order valence-corrected chi connectivity index (χ4v) is 7.51. The Morgan fingerprint density at radius 2 is 1.46 bits per heavy atom. The topological polar surface area (TPSA) is 114 Å². The molecule has 0 N–H and O–H groups in total. The van der Waals surface area contributed by atoms with Gasteiger partial charge in [-0.2, -0.15) is 0 Å². The van der Waals surface area contributed by atoms with E-state index in [0.717, 1.165) is 22.2 Å². The van der Waals surface area contributed by atoms with Crippen molar-refractivity contribution in [3.8, 4) is 0 Å². The van der Waals surface area contributed by atoms with Crippen molar-refractivity contribution in [2.45, 2.75) is 18.9 Å². The molecule has 0 spiro atoms. The number of ether oxygens (including phenoxy) is 2. The molecule has 1 aromatic rings. The molecule has 0 bridgehead atoms. The van der Waals surface area contributed by atoms with Gasteiger partial charge in [-0.15, -0.1) is 0 Å². The third-order valence-electron chi connectivity index (χ3n) is 5.94. The maximum absolute atomic E-state index is 13.4. The first-order valence-corrected chi connectivity index (χ1v) is 16.3. The molecular weight excluding hydrogens is 647 g/mol. The number of rotatable bonds is 12. The van der Waals surface area contributed by atoms with Gasteiger partial charge in [-0.25, -0.2) is 4.79 Å². The highest BCUT2D eigenvalue weighted by atomic mass is 32.2. The Bertz CT molecular complexity index is 1290. The lowest BCUT2D eigenvalue weighted by molar-refractivity contribution is -0.153. The van der Waals surface area contributed by atoms with E-state index in [1.165, 1.54) is 33.3 Å². The third kappa shape index (κ3) is 8.14. The van der Waals surface area contributed by atoms with E-state index < -0.39 is 23.9 Å². The largest absolute Gasteiger partial charge is 0.464 e. The van der Waals surface area contributed by atoms with Crippen molar-refractivity contribution in [3.05, 3.63) is 40.8 Å². The molecule has 4 rings (SSSR count). The van der Waals surface area contributed by atoms with Crippen LogP contribution in [0.5, 0.6) is 0 Å². The molecule has 3 aliphatic rings. The Kier molecular flexibility index (Phi) is 11.3. The molecular formula is C25H23N3O7S6. The fourth-order valence-electron chi connectivity index (χ4n) is 3.91. The van der Waals surface area contributed by atoms with Gasteiger partial charge in [-0.1, -0.05) is 102 Å². The molecule has 16 heteroatoms. The molecule has 10 nitrogen and oxygen atoms in total. The minimum atomic E-state index is -1.20. The number of thioether (sulfide) groups is 3. The molecule has 1 atom stereocenters. The van der Waals surface area contributed by atoms with Crippen molar-refractivity contribution < 1.29 is 33.4 Å². The molecule has 0 saturated carbocycles. The van der Waals surface area contributed by atoms with E-state index in [9.17, 15) is 24.0 Å². The maximum Gasteiger partial charge on any atom is 0.329 e. The van der Waals surface area contributed by atoms with E-state index >= 15 is 0 Å². The molecule has 3 fully saturated rings. The highest BCUT2D eigenvalue weighted by Gasteiger charge is 2.41. The van der Waals surface area contributed by atoms with Crippen LogP contribution in [-0.4, -0.2) is 101 Å². The Balaban J connectivity index is 1.40. The summed E-state index contributed by atoms with van der Waals surface area (Å²) in [7, 11) is 0. The molecule has 0 radical (unpaired) electrons. The second kappa shape index (κ2) is 14.7. The van der Waals surface area contributed by atoms with Crippen LogP contribution in [0.25, 0.3) is 6.08 Å². The van der Waals surface area contributed by atoms with Crippen molar-refractivity contribution in [1.29, 1.82) is 0 Å². The van der Waals surface area contributed by atoms with Crippen molar-refractivity contribution in [1.82, 2.24) is 14.7 Å². The number of hydrogen-bond acceptors (Lipinski definition) is 13. The van der Waals surface area contributed by atoms with E-state index in [2.05, 4.69) is 0 Å². The van der Waals surface area contributed by atoms with Crippen LogP contribution in [-0.2, 0) is 33.4 Å². The molecule has 3 aliphatic heterocycles. The minimum absolute atomic E-state index is 0.0664. The van der Waals surface area contributed by atoms with Crippen LogP contribution in [0.4, 0.5) is 0 Å². The van der Waals surface area contributed by atoms with Crippen molar-refractivity contribution in [2.75, 3.05) is 37.8 Å². The summed E-state index contributed by atoms with van der Waals surface area (Å²) >= 11 is 19.3. The molecule has 1 unspecified atom stereocenters. The zero-order chi connectivity index (χ0) is 29.5. The summed E-state index contributed by atoms with van der Waals surface area (Å²) in [5.74, 6) is -1.70. The predicted octanol–water partition coefficient (Wildman–Crippen LogP) is 2.84. The summed E-state index contributed by atoms with van der Waals surface area (Å²) in [6.07, 6.45) is 1.35. The van der Waals surface area contributed by atoms with Crippen molar-refractivity contribution >= 4 is 121 Å². The van der Waals surface area contributed by atoms with Gasteiger partial charge in [-0.05, 0) is 18.1 Å². The van der Waals surface area contributed by atoms with Gasteiger partial charge in [0.05, 0.1) is 29.5 Å². The summed E-state index contributed by atoms with van der Waals surface area (Å²) in [6.45, 7) is -0.00520. The summed E-state index contributed by atoms with van der Waals surface area (Å²) in [5.41, 5.74) is 0.786. The lowest BCUT2D eigenvalue weighted by Gasteiger charge is -2.25. The highest BCUT2D eigenvalue weighted by molar-refractivity contribution is 8.27. The quantitative estimate of drug-likeness (QED) is 0.185. The number of hydrogen-bond donors (Lipinski definition) is 0. The van der Waals surface area contributed by atoms with Crippen LogP contribution >= 0.6 is 71.9 Å². The summed E-state index contributed by atoms with van der Waals surface area (Å²) in [6, 6.07) is 7.98. The Labute approximate surface area is 264 Å². The molecule has 0 aromatic heterocycles. The van der Waals surface area contributed by atoms with Gasteiger partial charge in [-0.3, -0.25) is 33.9 Å². The average molecular weight is 670 g/mol. The Hall–Kier alpha value is -2.37. The summed E-state index contributed by atoms with van der Waals surface area (Å²) < 4.78 is 11.7. The van der Waals surface area contributed by atoms with E-state index in [0.29, 0.717) is 13.5 Å². The highest BCUT2D eigenvalue weighted by Crippen LogP contribution is 2.35. The average Bonchev–Trinajstić information content (AvgIpc) is 3.54. The first-order valence-electron chi connectivity index (χ1n) is 12.2. The van der Waals surface area contributed by atoms with Gasteiger partial charge < -0.3 is 9.47 Å². The first-order chi connectivity index (χ1) is 19.7. The van der Waals surface area contributed by atoms with Crippen LogP contribution in [0.2, 0.25) is 0 Å². The van der Waals surface area contributed by atoms with Crippen LogP contribution in [0.1, 0.15) is 18.4 Å². The third-order valence-corrected chi connectivity index (χ3v) is 10.1. The number of benzene rings is 1. The van der Waals surface area contributed by atoms with E-state index in [4.69, 9.17) is 46.1 Å². The van der Waals surface area contributed by atoms with E-state index in [1.54, 1.807) is 6.08 Å². The lowest BCUT2D eigenvalue weighted by Crippen LogP contribution is -2.45. The van der Waals surface area contributed by atoms with Gasteiger partial charge in [0.15, 0.2) is 0 Å². The van der Waals surface area contributed by atoms with E-state index in [-0.39, 0.29) is 66.8 Å². The number of thiocarbonyl (C=S) groups is 3. The van der Waals surface area contributed by atoms with Gasteiger partial charge in [0.25, 0.3) is 5.91 Å². The fraction of sp³-hybridized carbons (Fsp3) is 0.360. The maximum atomic E-state index is 13.4. The van der Waals surface area contributed by atoms with Crippen molar-refractivity contribution in [2.24, 2.45) is 0 Å². The van der Waals surface area contributed by atoms with E-state index in [1.807, 2.05) is 30.3 Å². The van der Waals surface area contributed by atoms with Crippen LogP contribution in [0.15, 0.2) is 35.2 Å². The zero-order valence-electron chi connectivity index (χ0n) is 21.3. The monoisotopic (exact) mass is 669 g/mol. The molecule has 3 saturated heterocycles. The SMILES string of the molecule is O=C(CCC(C(=O)OCCN1C(=O)CSC1=S)N1C(=O)/C(=C/c2ccccc2)SC1=S)OCCN1C(=O)CSC1=S. The summed E-state index contributed by atoms with van der Waals surface area (Å²) in [5, 5.41) is 0. The molecule has 216 valence electrons. The number of amides is 3. The molecule has 0 aliphatic carbocycles. The van der Waals surface area contributed by atoms with Gasteiger partial charge >= 0.3 is 11.9 Å². The molecule has 1 aromatic carbocycles. The van der Waals surface area contributed by atoms with Crippen LogP contribution in [0, 0.1) is 0 Å². The Morgan fingerprint density at radius 1 is 0.878 bits per heavy atom. The second-order valence-electron chi connectivity index (χ2n) is 8.60. The molecule has 3 amide bonds. The van der Waals surface area contributed by atoms with Crippen LogP contribution in [0.3, 0.4) is 0 Å². The van der Waals surface area contributed by atoms with Crippen molar-refractivity contribution in [3.63, 3.8) is 0 Å². The molecule has 3 heterocycles. The smallest absolute Gasteiger partial charge is 0.329 e.